The molecule has 160 valence electrons. The summed E-state index contributed by atoms with van der Waals surface area (Å²) in [5.41, 5.74) is 3.32. The van der Waals surface area contributed by atoms with Gasteiger partial charge in [-0.05, 0) is 30.2 Å². The fraction of sp³-hybridized carbons (Fsp3) is 0.261. The van der Waals surface area contributed by atoms with Crippen LogP contribution in [-0.4, -0.2) is 24.7 Å². The van der Waals surface area contributed by atoms with Crippen LogP contribution < -0.4 is 15.4 Å². The van der Waals surface area contributed by atoms with Gasteiger partial charge in [-0.3, -0.25) is 9.59 Å². The van der Waals surface area contributed by atoms with Crippen molar-refractivity contribution in [2.45, 2.75) is 25.8 Å². The highest BCUT2D eigenvalue weighted by Crippen LogP contribution is 2.38. The number of amides is 2. The number of nitriles is 1. The Morgan fingerprint density at radius 1 is 1.32 bits per heavy atom. The lowest BCUT2D eigenvalue weighted by Crippen LogP contribution is -2.32. The average Bonchev–Trinajstić information content (AvgIpc) is 2.76. The predicted molar refractivity (Wildman–Crippen MR) is 122 cm³/mol. The van der Waals surface area contributed by atoms with Crippen LogP contribution in [0.1, 0.15) is 29.0 Å². The predicted octanol–water partition coefficient (Wildman–Crippen LogP) is 4.05. The zero-order valence-electron chi connectivity index (χ0n) is 17.2. The summed E-state index contributed by atoms with van der Waals surface area (Å²) in [4.78, 5) is 24.6. The molecule has 8 heteroatoms. The third kappa shape index (κ3) is 5.81. The van der Waals surface area contributed by atoms with Crippen molar-refractivity contribution < 1.29 is 14.3 Å². The van der Waals surface area contributed by atoms with E-state index in [1.807, 2.05) is 31.2 Å². The first-order valence-corrected chi connectivity index (χ1v) is 11.0. The van der Waals surface area contributed by atoms with Crippen molar-refractivity contribution in [3.63, 3.8) is 0 Å². The van der Waals surface area contributed by atoms with Crippen LogP contribution in [0.3, 0.4) is 0 Å². The number of nitrogens with zero attached hydrogens (tertiary/aromatic N) is 1. The zero-order chi connectivity index (χ0) is 22.4. The molecule has 0 bridgehead atoms. The molecule has 0 aliphatic carbocycles. The van der Waals surface area contributed by atoms with E-state index in [1.165, 1.54) is 7.11 Å². The van der Waals surface area contributed by atoms with E-state index in [1.54, 1.807) is 18.2 Å². The number of thioether (sulfide) groups is 1. The quantitative estimate of drug-likeness (QED) is 0.657. The molecule has 6 nitrogen and oxygen atoms in total. The molecule has 0 spiro atoms. The van der Waals surface area contributed by atoms with E-state index in [0.717, 1.165) is 28.5 Å². The van der Waals surface area contributed by atoms with Crippen LogP contribution >= 0.6 is 23.4 Å². The molecular weight excluding hydrogens is 434 g/mol. The first-order chi connectivity index (χ1) is 14.9. The third-order valence-corrected chi connectivity index (χ3v) is 6.20. The first kappa shape index (κ1) is 22.7. The Morgan fingerprint density at radius 3 is 2.71 bits per heavy atom. The van der Waals surface area contributed by atoms with Crippen LogP contribution in [0.15, 0.2) is 53.1 Å². The Kier molecular flexibility index (Phi) is 7.61. The Bertz CT molecular complexity index is 1060. The smallest absolute Gasteiger partial charge is 0.230 e. The summed E-state index contributed by atoms with van der Waals surface area (Å²) < 4.78 is 5.17. The number of carbonyl (C=O) groups is 2. The molecule has 31 heavy (non-hydrogen) atoms. The third-order valence-electron chi connectivity index (χ3n) is 4.89. The Morgan fingerprint density at radius 2 is 2.06 bits per heavy atom. The van der Waals surface area contributed by atoms with Gasteiger partial charge in [-0.2, -0.15) is 5.26 Å². The van der Waals surface area contributed by atoms with Gasteiger partial charge in [-0.15, -0.1) is 0 Å². The number of ether oxygens (including phenoxy) is 1. The summed E-state index contributed by atoms with van der Waals surface area (Å²) in [7, 11) is 1.52. The molecular formula is C23H22ClN3O3S. The molecule has 2 aromatic carbocycles. The van der Waals surface area contributed by atoms with Gasteiger partial charge in [0.15, 0.2) is 0 Å². The Hall–Kier alpha value is -2.95. The molecule has 2 amide bonds. The average molecular weight is 456 g/mol. The van der Waals surface area contributed by atoms with Crippen molar-refractivity contribution in [3.05, 3.63) is 74.8 Å². The minimum Gasteiger partial charge on any atom is -0.495 e. The largest absolute Gasteiger partial charge is 0.495 e. The van der Waals surface area contributed by atoms with Gasteiger partial charge in [-0.25, -0.2) is 0 Å². The summed E-state index contributed by atoms with van der Waals surface area (Å²) in [6.45, 7) is 2.42. The van der Waals surface area contributed by atoms with Crippen LogP contribution in [0.2, 0.25) is 5.02 Å². The lowest BCUT2D eigenvalue weighted by molar-refractivity contribution is -0.121. The molecule has 0 aromatic heterocycles. The van der Waals surface area contributed by atoms with E-state index >= 15 is 0 Å². The van der Waals surface area contributed by atoms with Gasteiger partial charge >= 0.3 is 0 Å². The van der Waals surface area contributed by atoms with Crippen LogP contribution in [0.5, 0.6) is 5.75 Å². The van der Waals surface area contributed by atoms with E-state index < -0.39 is 5.92 Å². The van der Waals surface area contributed by atoms with Crippen LogP contribution in [0.25, 0.3) is 0 Å². The van der Waals surface area contributed by atoms with Crippen molar-refractivity contribution >= 4 is 35.2 Å². The number of carbonyl (C=O) groups excluding carboxylic acids is 2. The molecule has 0 radical (unpaired) electrons. The minimum absolute atomic E-state index is 0.0861. The summed E-state index contributed by atoms with van der Waals surface area (Å²) in [5.74, 6) is -0.214. The van der Waals surface area contributed by atoms with Gasteiger partial charge in [0.2, 0.25) is 11.8 Å². The number of benzene rings is 2. The van der Waals surface area contributed by atoms with E-state index in [4.69, 9.17) is 16.3 Å². The molecule has 2 N–H and O–H groups in total. The number of aryl methyl sites for hydroxylation is 1. The molecule has 0 saturated heterocycles. The molecule has 1 aliphatic rings. The number of halogens is 1. The second kappa shape index (κ2) is 10.4. The summed E-state index contributed by atoms with van der Waals surface area (Å²) in [6, 6.07) is 15.3. The number of hydrogen-bond acceptors (Lipinski definition) is 5. The van der Waals surface area contributed by atoms with Crippen molar-refractivity contribution in [2.75, 3.05) is 12.9 Å². The van der Waals surface area contributed by atoms with E-state index in [-0.39, 0.29) is 24.0 Å². The second-order valence-corrected chi connectivity index (χ2v) is 8.50. The molecule has 0 fully saturated rings. The number of hydrogen-bond donors (Lipinski definition) is 2. The highest BCUT2D eigenvalue weighted by molar-refractivity contribution is 8.03. The van der Waals surface area contributed by atoms with E-state index in [9.17, 15) is 14.9 Å². The van der Waals surface area contributed by atoms with E-state index in [2.05, 4.69) is 16.7 Å². The minimum atomic E-state index is -0.430. The fourth-order valence-corrected chi connectivity index (χ4v) is 4.39. The zero-order valence-corrected chi connectivity index (χ0v) is 18.8. The maximum Gasteiger partial charge on any atom is 0.230 e. The molecule has 3 rings (SSSR count). The molecule has 1 atom stereocenters. The second-order valence-electron chi connectivity index (χ2n) is 7.10. The van der Waals surface area contributed by atoms with Crippen LogP contribution in [0, 0.1) is 18.3 Å². The van der Waals surface area contributed by atoms with Gasteiger partial charge in [0, 0.05) is 18.9 Å². The molecule has 0 saturated carbocycles. The van der Waals surface area contributed by atoms with E-state index in [0.29, 0.717) is 27.9 Å². The monoisotopic (exact) mass is 455 g/mol. The first-order valence-electron chi connectivity index (χ1n) is 9.64. The number of allylic oxidation sites excluding steroid dienone is 1. The molecule has 2 aromatic rings. The lowest BCUT2D eigenvalue weighted by atomic mass is 9.87. The molecule has 1 heterocycles. The Labute approximate surface area is 190 Å². The Balaban J connectivity index is 1.70. The standard InChI is InChI=1S/C23H22ClN3O3S/c1-14-3-5-15(6-4-14)12-26-22(29)13-31-23-18(11-25)17(10-21(28)27-23)16-7-8-20(30-2)19(24)9-16/h3-9,17H,10,12-13H2,1-2H3,(H,26,29)(H,27,28)/t17-/m0/s1. The van der Waals surface area contributed by atoms with Crippen molar-refractivity contribution in [2.24, 2.45) is 0 Å². The van der Waals surface area contributed by atoms with Crippen molar-refractivity contribution in [1.29, 1.82) is 5.26 Å². The highest BCUT2D eigenvalue weighted by atomic mass is 35.5. The van der Waals surface area contributed by atoms with Gasteiger partial charge in [0.05, 0.1) is 34.6 Å². The van der Waals surface area contributed by atoms with Gasteiger partial charge in [0.1, 0.15) is 5.75 Å². The van der Waals surface area contributed by atoms with Crippen molar-refractivity contribution in [3.8, 4) is 11.8 Å². The SMILES string of the molecule is COc1ccc([C@@H]2CC(=O)NC(SCC(=O)NCc3ccc(C)cc3)=C2C#N)cc1Cl. The van der Waals surface area contributed by atoms with Crippen LogP contribution in [0.4, 0.5) is 0 Å². The highest BCUT2D eigenvalue weighted by Gasteiger charge is 2.30. The van der Waals surface area contributed by atoms with Gasteiger partial charge in [-0.1, -0.05) is 59.3 Å². The number of rotatable bonds is 7. The number of methoxy groups -OCH3 is 1. The van der Waals surface area contributed by atoms with Crippen molar-refractivity contribution in [1.82, 2.24) is 10.6 Å². The lowest BCUT2D eigenvalue weighted by Gasteiger charge is -2.25. The topological polar surface area (TPSA) is 91.2 Å². The maximum atomic E-state index is 12.3. The normalized spacial score (nSPS) is 15.8. The van der Waals surface area contributed by atoms with Gasteiger partial charge < -0.3 is 15.4 Å². The molecule has 0 unspecified atom stereocenters. The summed E-state index contributed by atoms with van der Waals surface area (Å²) in [5, 5.41) is 16.2. The number of nitrogens with one attached hydrogen (secondary N) is 2. The fourth-order valence-electron chi connectivity index (χ4n) is 3.21. The maximum absolute atomic E-state index is 12.3. The molecule has 1 aliphatic heterocycles. The van der Waals surface area contributed by atoms with Crippen LogP contribution in [-0.2, 0) is 16.1 Å². The van der Waals surface area contributed by atoms with Gasteiger partial charge in [0.25, 0.3) is 0 Å². The summed E-state index contributed by atoms with van der Waals surface area (Å²) in [6.07, 6.45) is 0.134. The summed E-state index contributed by atoms with van der Waals surface area (Å²) >= 11 is 7.37.